The molecule has 6 heteroatoms. The van der Waals surface area contributed by atoms with Crippen molar-refractivity contribution in [2.24, 2.45) is 0 Å². The van der Waals surface area contributed by atoms with Crippen LogP contribution in [0.2, 0.25) is 0 Å². The largest absolute Gasteiger partial charge is 0.493 e. The van der Waals surface area contributed by atoms with Crippen molar-refractivity contribution in [3.05, 3.63) is 23.8 Å². The zero-order valence-corrected chi connectivity index (χ0v) is 13.0. The Bertz CT molecular complexity index is 632. The van der Waals surface area contributed by atoms with Gasteiger partial charge in [-0.25, -0.2) is 8.42 Å². The molecule has 0 spiro atoms. The molecule has 1 N–H and O–H groups in total. The van der Waals surface area contributed by atoms with E-state index in [4.69, 9.17) is 9.47 Å². The van der Waals surface area contributed by atoms with E-state index in [0.29, 0.717) is 29.9 Å². The van der Waals surface area contributed by atoms with Crippen molar-refractivity contribution in [3.8, 4) is 11.5 Å². The molecule has 5 nitrogen and oxygen atoms in total. The summed E-state index contributed by atoms with van der Waals surface area (Å²) in [6.45, 7) is 0. The number of ether oxygens (including phenoxy) is 2. The van der Waals surface area contributed by atoms with Gasteiger partial charge in [0, 0.05) is 0 Å². The van der Waals surface area contributed by atoms with E-state index in [1.807, 2.05) is 0 Å². The van der Waals surface area contributed by atoms with Gasteiger partial charge in [0.1, 0.15) is 0 Å². The highest BCUT2D eigenvalue weighted by atomic mass is 32.2. The van der Waals surface area contributed by atoms with Crippen LogP contribution in [0.15, 0.2) is 18.2 Å². The highest BCUT2D eigenvalue weighted by Gasteiger charge is 2.53. The van der Waals surface area contributed by atoms with E-state index < -0.39 is 25.9 Å². The standard InChI is InChI=1S/C15H20O5S/c1-19-13-6-3-10(7-14(13)20-2)15(16)8-11-4-5-12(9-15)21(11,17)18/h3,6-7,11-12,16H,4-5,8-9H2,1-2H3. The SMILES string of the molecule is COc1ccc(C2(O)CC3CCC(C2)S3(=O)=O)cc1OC. The Morgan fingerprint density at radius 2 is 1.67 bits per heavy atom. The highest BCUT2D eigenvalue weighted by molar-refractivity contribution is 7.93. The van der Waals surface area contributed by atoms with Gasteiger partial charge in [0.05, 0.1) is 30.3 Å². The van der Waals surface area contributed by atoms with E-state index in [9.17, 15) is 13.5 Å². The Balaban J connectivity index is 1.97. The molecule has 2 aliphatic heterocycles. The van der Waals surface area contributed by atoms with Crippen molar-refractivity contribution in [2.45, 2.75) is 41.8 Å². The van der Waals surface area contributed by atoms with Crippen LogP contribution in [0, 0.1) is 0 Å². The second-order valence-corrected chi connectivity index (χ2v) is 8.43. The monoisotopic (exact) mass is 312 g/mol. The average Bonchev–Trinajstić information content (AvgIpc) is 2.66. The highest BCUT2D eigenvalue weighted by Crippen LogP contribution is 2.48. The summed E-state index contributed by atoms with van der Waals surface area (Å²) in [6, 6.07) is 5.28. The van der Waals surface area contributed by atoms with Gasteiger partial charge in [-0.15, -0.1) is 0 Å². The molecule has 0 aliphatic carbocycles. The lowest BCUT2D eigenvalue weighted by atomic mass is 9.85. The molecule has 1 aromatic carbocycles. The molecule has 0 radical (unpaired) electrons. The fourth-order valence-corrected chi connectivity index (χ4v) is 6.10. The Morgan fingerprint density at radius 1 is 1.10 bits per heavy atom. The number of rotatable bonds is 3. The zero-order chi connectivity index (χ0) is 15.3. The van der Waals surface area contributed by atoms with E-state index in [2.05, 4.69) is 0 Å². The number of hydrogen-bond donors (Lipinski definition) is 1. The molecule has 3 rings (SSSR count). The molecular formula is C15H20O5S. The van der Waals surface area contributed by atoms with Crippen LogP contribution >= 0.6 is 0 Å². The van der Waals surface area contributed by atoms with E-state index in [1.54, 1.807) is 32.4 Å². The fourth-order valence-electron chi connectivity index (χ4n) is 3.61. The molecule has 0 saturated carbocycles. The minimum atomic E-state index is -3.05. The molecule has 2 saturated heterocycles. The molecule has 2 aliphatic rings. The second kappa shape index (κ2) is 4.88. The van der Waals surface area contributed by atoms with Crippen molar-refractivity contribution in [1.29, 1.82) is 0 Å². The van der Waals surface area contributed by atoms with Crippen LogP contribution in [0.25, 0.3) is 0 Å². The second-order valence-electron chi connectivity index (χ2n) is 5.92. The quantitative estimate of drug-likeness (QED) is 0.918. The maximum atomic E-state index is 12.2. The van der Waals surface area contributed by atoms with E-state index in [1.165, 1.54) is 0 Å². The average molecular weight is 312 g/mol. The molecule has 2 bridgehead atoms. The summed E-state index contributed by atoms with van der Waals surface area (Å²) in [5.41, 5.74) is -0.400. The Kier molecular flexibility index (Phi) is 3.41. The third-order valence-electron chi connectivity index (χ3n) is 4.79. The molecule has 21 heavy (non-hydrogen) atoms. The number of methoxy groups -OCH3 is 2. The maximum absolute atomic E-state index is 12.2. The van der Waals surface area contributed by atoms with Gasteiger partial charge in [-0.1, -0.05) is 6.07 Å². The zero-order valence-electron chi connectivity index (χ0n) is 12.2. The van der Waals surface area contributed by atoms with Gasteiger partial charge in [-0.3, -0.25) is 0 Å². The molecule has 0 aromatic heterocycles. The van der Waals surface area contributed by atoms with E-state index in [-0.39, 0.29) is 12.8 Å². The molecule has 1 aromatic rings. The lowest BCUT2D eigenvalue weighted by Gasteiger charge is -2.36. The van der Waals surface area contributed by atoms with Crippen molar-refractivity contribution in [3.63, 3.8) is 0 Å². The van der Waals surface area contributed by atoms with Crippen LogP contribution in [-0.2, 0) is 15.4 Å². The molecule has 2 fully saturated rings. The Hall–Kier alpha value is -1.27. The number of fused-ring (bicyclic) bond motifs is 2. The predicted octanol–water partition coefficient (Wildman–Crippen LogP) is 1.63. The van der Waals surface area contributed by atoms with Crippen LogP contribution in [-0.4, -0.2) is 38.2 Å². The van der Waals surface area contributed by atoms with Crippen LogP contribution < -0.4 is 9.47 Å². The van der Waals surface area contributed by atoms with Gasteiger partial charge in [0.25, 0.3) is 0 Å². The summed E-state index contributed by atoms with van der Waals surface area (Å²) in [5, 5.41) is 10.1. The molecule has 2 unspecified atom stereocenters. The van der Waals surface area contributed by atoms with Crippen LogP contribution in [0.3, 0.4) is 0 Å². The van der Waals surface area contributed by atoms with Crippen LogP contribution in [0.1, 0.15) is 31.2 Å². The summed E-state index contributed by atoms with van der Waals surface area (Å²) >= 11 is 0. The maximum Gasteiger partial charge on any atom is 0.161 e. The summed E-state index contributed by atoms with van der Waals surface area (Å²) in [4.78, 5) is 0. The molecule has 0 amide bonds. The van der Waals surface area contributed by atoms with Gasteiger partial charge in [-0.2, -0.15) is 0 Å². The lowest BCUT2D eigenvalue weighted by molar-refractivity contribution is 0.0171. The number of benzene rings is 1. The first-order valence-corrected chi connectivity index (χ1v) is 8.69. The smallest absolute Gasteiger partial charge is 0.161 e. The van der Waals surface area contributed by atoms with Gasteiger partial charge >= 0.3 is 0 Å². The van der Waals surface area contributed by atoms with Gasteiger partial charge < -0.3 is 14.6 Å². The number of hydrogen-bond acceptors (Lipinski definition) is 5. The summed E-state index contributed by atoms with van der Waals surface area (Å²) in [5.74, 6) is 1.14. The summed E-state index contributed by atoms with van der Waals surface area (Å²) in [6.07, 6.45) is 1.84. The van der Waals surface area contributed by atoms with Crippen LogP contribution in [0.5, 0.6) is 11.5 Å². The Labute approximate surface area is 124 Å². The predicted molar refractivity (Wildman–Crippen MR) is 78.4 cm³/mol. The third kappa shape index (κ3) is 2.21. The topological polar surface area (TPSA) is 72.8 Å². The summed E-state index contributed by atoms with van der Waals surface area (Å²) in [7, 11) is 0.0450. The number of aliphatic hydroxyl groups is 1. The third-order valence-corrected chi connectivity index (χ3v) is 7.45. The van der Waals surface area contributed by atoms with E-state index in [0.717, 1.165) is 0 Å². The van der Waals surface area contributed by atoms with Gasteiger partial charge in [0.15, 0.2) is 21.3 Å². The molecule has 116 valence electrons. The number of sulfone groups is 1. The first kappa shape index (κ1) is 14.7. The van der Waals surface area contributed by atoms with Gasteiger partial charge in [-0.05, 0) is 43.4 Å². The minimum absolute atomic E-state index is 0.265. The normalized spacial score (nSPS) is 33.7. The van der Waals surface area contributed by atoms with Gasteiger partial charge in [0.2, 0.25) is 0 Å². The fraction of sp³-hybridized carbons (Fsp3) is 0.600. The lowest BCUT2D eigenvalue weighted by Crippen LogP contribution is -2.43. The molecular weight excluding hydrogens is 292 g/mol. The van der Waals surface area contributed by atoms with Crippen molar-refractivity contribution >= 4 is 9.84 Å². The van der Waals surface area contributed by atoms with Crippen molar-refractivity contribution in [2.75, 3.05) is 14.2 Å². The van der Waals surface area contributed by atoms with Crippen LogP contribution in [0.4, 0.5) is 0 Å². The first-order valence-electron chi connectivity index (χ1n) is 7.08. The van der Waals surface area contributed by atoms with Crippen molar-refractivity contribution < 1.29 is 23.0 Å². The first-order chi connectivity index (χ1) is 9.90. The van der Waals surface area contributed by atoms with E-state index >= 15 is 0 Å². The summed E-state index contributed by atoms with van der Waals surface area (Å²) < 4.78 is 34.8. The molecule has 2 atom stereocenters. The van der Waals surface area contributed by atoms with Crippen molar-refractivity contribution in [1.82, 2.24) is 0 Å². The Morgan fingerprint density at radius 3 is 2.19 bits per heavy atom. The minimum Gasteiger partial charge on any atom is -0.493 e. The molecule has 2 heterocycles.